The smallest absolute Gasteiger partial charge is 0.164 e. The summed E-state index contributed by atoms with van der Waals surface area (Å²) in [5.41, 5.74) is 9.01. The number of aromatic nitrogens is 3. The molecule has 0 radical (unpaired) electrons. The van der Waals surface area contributed by atoms with Crippen molar-refractivity contribution >= 4 is 5.57 Å². The van der Waals surface area contributed by atoms with E-state index in [1.165, 1.54) is 48.0 Å². The molecule has 10 rings (SSSR count). The van der Waals surface area contributed by atoms with Crippen molar-refractivity contribution in [3.05, 3.63) is 150 Å². The molecule has 7 unspecified atom stereocenters. The molecule has 1 aromatic heterocycles. The molecule has 1 aliphatic heterocycles. The van der Waals surface area contributed by atoms with E-state index in [4.69, 9.17) is 19.7 Å². The Morgan fingerprint density at radius 2 is 1.59 bits per heavy atom. The van der Waals surface area contributed by atoms with Crippen LogP contribution in [0.2, 0.25) is 0 Å². The zero-order valence-electron chi connectivity index (χ0n) is 27.8. The third kappa shape index (κ3) is 5.07. The Labute approximate surface area is 289 Å². The normalized spacial score (nSPS) is 30.4. The van der Waals surface area contributed by atoms with E-state index in [-0.39, 0.29) is 12.0 Å². The second kappa shape index (κ2) is 11.9. The Bertz CT molecular complexity index is 2070. The average Bonchev–Trinajstić information content (AvgIpc) is 3.55. The van der Waals surface area contributed by atoms with Crippen LogP contribution in [0.15, 0.2) is 138 Å². The third-order valence-electron chi connectivity index (χ3n) is 12.0. The molecule has 0 spiro atoms. The maximum atomic E-state index is 6.46. The molecular formula is C45H41N3O. The van der Waals surface area contributed by atoms with Gasteiger partial charge in [0.05, 0.1) is 0 Å². The monoisotopic (exact) mass is 639 g/mol. The highest BCUT2D eigenvalue weighted by Crippen LogP contribution is 2.54. The molecule has 0 saturated heterocycles. The highest BCUT2D eigenvalue weighted by molar-refractivity contribution is 5.80. The first-order valence-corrected chi connectivity index (χ1v) is 18.4. The van der Waals surface area contributed by atoms with Crippen LogP contribution in [0.3, 0.4) is 0 Å². The summed E-state index contributed by atoms with van der Waals surface area (Å²) in [6.45, 7) is 0. The summed E-state index contributed by atoms with van der Waals surface area (Å²) in [5.74, 6) is 6.06. The SMILES string of the molecule is C1=CCC(C2=CC3c4cc(-c5nc(C6=CCCC7=C6C6C(C=CC8CCC=CC86)CC7)nc(-c6ccccc6)n5)ccc4OC3C=C2)C=C1. The Morgan fingerprint density at radius 3 is 2.49 bits per heavy atom. The molecule has 4 nitrogen and oxygen atoms in total. The maximum absolute atomic E-state index is 6.46. The van der Waals surface area contributed by atoms with Crippen molar-refractivity contribution in [3.8, 4) is 28.5 Å². The summed E-state index contributed by atoms with van der Waals surface area (Å²) in [5, 5.41) is 0. The number of fused-ring (bicyclic) bond motifs is 7. The van der Waals surface area contributed by atoms with E-state index in [9.17, 15) is 0 Å². The van der Waals surface area contributed by atoms with Gasteiger partial charge in [0.15, 0.2) is 17.5 Å². The lowest BCUT2D eigenvalue weighted by molar-refractivity contribution is 0.238. The molecule has 242 valence electrons. The zero-order chi connectivity index (χ0) is 32.3. The largest absolute Gasteiger partial charge is 0.485 e. The molecular weight excluding hydrogens is 599 g/mol. The number of allylic oxidation sites excluding steroid dienone is 14. The fraction of sp³-hybridized carbons (Fsp3) is 0.311. The quantitative estimate of drug-likeness (QED) is 0.267. The van der Waals surface area contributed by atoms with Crippen LogP contribution in [0.1, 0.15) is 62.3 Å². The van der Waals surface area contributed by atoms with E-state index in [2.05, 4.69) is 121 Å². The second-order valence-electron chi connectivity index (χ2n) is 14.7. The van der Waals surface area contributed by atoms with Crippen LogP contribution in [-0.2, 0) is 0 Å². The van der Waals surface area contributed by atoms with Gasteiger partial charge in [-0.05, 0) is 104 Å². The molecule has 3 aromatic rings. The minimum atomic E-state index is 0.0186. The minimum Gasteiger partial charge on any atom is -0.485 e. The van der Waals surface area contributed by atoms with E-state index < -0.39 is 0 Å². The third-order valence-corrected chi connectivity index (χ3v) is 12.0. The fourth-order valence-corrected chi connectivity index (χ4v) is 9.60. The Kier molecular flexibility index (Phi) is 7.10. The fourth-order valence-electron chi connectivity index (χ4n) is 9.60. The average molecular weight is 640 g/mol. The molecule has 0 N–H and O–H groups in total. The Hall–Kier alpha value is -4.83. The van der Waals surface area contributed by atoms with E-state index in [1.54, 1.807) is 5.57 Å². The molecule has 2 heterocycles. The Morgan fingerprint density at radius 1 is 0.714 bits per heavy atom. The molecule has 4 heteroatoms. The van der Waals surface area contributed by atoms with Gasteiger partial charge in [0.25, 0.3) is 0 Å². The number of nitrogens with zero attached hydrogens (tertiary/aromatic N) is 3. The molecule has 2 aromatic carbocycles. The molecule has 7 aliphatic rings. The number of benzene rings is 2. The van der Waals surface area contributed by atoms with Crippen molar-refractivity contribution in [2.75, 3.05) is 0 Å². The van der Waals surface area contributed by atoms with Crippen LogP contribution in [-0.4, -0.2) is 21.1 Å². The second-order valence-corrected chi connectivity index (χ2v) is 14.7. The molecule has 6 aliphatic carbocycles. The summed E-state index contributed by atoms with van der Waals surface area (Å²) >= 11 is 0. The molecule has 7 atom stereocenters. The van der Waals surface area contributed by atoms with Crippen molar-refractivity contribution < 1.29 is 4.74 Å². The number of rotatable bonds is 4. The molecule has 0 amide bonds. The summed E-state index contributed by atoms with van der Waals surface area (Å²) in [7, 11) is 0. The predicted octanol–water partition coefficient (Wildman–Crippen LogP) is 10.3. The molecule has 0 bridgehead atoms. The standard InChI is InChI=1S/C45H41N3O/c1-3-10-28(11-4-1)33-22-24-39-37(26-33)38-27-34(23-25-40(38)49-39)44-46-43(32-13-5-2-6-14-32)47-45(48-44)36-17-9-15-30-20-21-31-19-18-29-12-7-8-16-35(29)41(31)42(30)36/h1-6,8,10,13-14,16-19,22-29,31,35,37,39,41H,7,9,11-12,15,20-21H2. The molecule has 49 heavy (non-hydrogen) atoms. The molecule has 0 fully saturated rings. The van der Waals surface area contributed by atoms with Gasteiger partial charge in [0, 0.05) is 34.1 Å². The van der Waals surface area contributed by atoms with Crippen LogP contribution < -0.4 is 4.74 Å². The molecule has 0 saturated carbocycles. The first kappa shape index (κ1) is 29.1. The first-order chi connectivity index (χ1) is 24.3. The highest BCUT2D eigenvalue weighted by atomic mass is 16.5. The van der Waals surface area contributed by atoms with E-state index in [0.717, 1.165) is 53.6 Å². The topological polar surface area (TPSA) is 47.9 Å². The van der Waals surface area contributed by atoms with E-state index >= 15 is 0 Å². The summed E-state index contributed by atoms with van der Waals surface area (Å²) < 4.78 is 6.46. The van der Waals surface area contributed by atoms with Gasteiger partial charge in [0.2, 0.25) is 0 Å². The van der Waals surface area contributed by atoms with Crippen molar-refractivity contribution in [1.82, 2.24) is 15.0 Å². The summed E-state index contributed by atoms with van der Waals surface area (Å²) in [6.07, 6.45) is 36.4. The van der Waals surface area contributed by atoms with Crippen molar-refractivity contribution in [2.24, 2.45) is 29.6 Å². The van der Waals surface area contributed by atoms with Gasteiger partial charge >= 0.3 is 0 Å². The summed E-state index contributed by atoms with van der Waals surface area (Å²) in [4.78, 5) is 15.8. The van der Waals surface area contributed by atoms with Crippen LogP contribution >= 0.6 is 0 Å². The lowest BCUT2D eigenvalue weighted by Crippen LogP contribution is -2.36. The van der Waals surface area contributed by atoms with Gasteiger partial charge in [-0.1, -0.05) is 103 Å². The van der Waals surface area contributed by atoms with Gasteiger partial charge in [-0.2, -0.15) is 0 Å². The zero-order valence-corrected chi connectivity index (χ0v) is 27.8. The number of hydrogen-bond donors (Lipinski definition) is 0. The maximum Gasteiger partial charge on any atom is 0.164 e. The van der Waals surface area contributed by atoms with E-state index in [0.29, 0.717) is 29.6 Å². The van der Waals surface area contributed by atoms with Gasteiger partial charge in [0.1, 0.15) is 11.9 Å². The van der Waals surface area contributed by atoms with Crippen LogP contribution in [0, 0.1) is 29.6 Å². The van der Waals surface area contributed by atoms with E-state index in [1.807, 2.05) is 0 Å². The number of hydrogen-bond acceptors (Lipinski definition) is 4. The Balaban J connectivity index is 1.07. The number of ether oxygens (including phenoxy) is 1. The summed E-state index contributed by atoms with van der Waals surface area (Å²) in [6, 6.07) is 16.9. The van der Waals surface area contributed by atoms with Crippen molar-refractivity contribution in [1.29, 1.82) is 0 Å². The highest BCUT2D eigenvalue weighted by Gasteiger charge is 2.43. The first-order valence-electron chi connectivity index (χ1n) is 18.4. The van der Waals surface area contributed by atoms with Crippen LogP contribution in [0.4, 0.5) is 0 Å². The van der Waals surface area contributed by atoms with Gasteiger partial charge in [-0.3, -0.25) is 0 Å². The van der Waals surface area contributed by atoms with Crippen molar-refractivity contribution in [3.63, 3.8) is 0 Å². The van der Waals surface area contributed by atoms with Crippen molar-refractivity contribution in [2.45, 2.75) is 57.0 Å². The van der Waals surface area contributed by atoms with Crippen LogP contribution in [0.5, 0.6) is 5.75 Å². The van der Waals surface area contributed by atoms with Crippen LogP contribution in [0.25, 0.3) is 28.3 Å². The van der Waals surface area contributed by atoms with Gasteiger partial charge in [-0.25, -0.2) is 15.0 Å². The predicted molar refractivity (Wildman–Crippen MR) is 196 cm³/mol. The lowest BCUT2D eigenvalue weighted by Gasteiger charge is -2.46. The van der Waals surface area contributed by atoms with Gasteiger partial charge in [-0.15, -0.1) is 0 Å². The minimum absolute atomic E-state index is 0.0186. The van der Waals surface area contributed by atoms with Gasteiger partial charge < -0.3 is 4.74 Å². The lowest BCUT2D eigenvalue weighted by atomic mass is 9.58.